The smallest absolute Gasteiger partial charge is 0.255 e. The number of carbonyl (C=O) groups excluding carboxylic acids is 1. The second-order valence-corrected chi connectivity index (χ2v) is 9.30. The summed E-state index contributed by atoms with van der Waals surface area (Å²) in [6, 6.07) is 29.7. The van der Waals surface area contributed by atoms with E-state index in [0.29, 0.717) is 30.2 Å². The first-order valence-corrected chi connectivity index (χ1v) is 12.9. The van der Waals surface area contributed by atoms with Gasteiger partial charge in [0.05, 0.1) is 32.4 Å². The summed E-state index contributed by atoms with van der Waals surface area (Å²) in [5.41, 5.74) is 2.33. The summed E-state index contributed by atoms with van der Waals surface area (Å²) in [7, 11) is 3.28. The fourth-order valence-corrected chi connectivity index (χ4v) is 5.38. The molecule has 0 N–H and O–H groups in total. The van der Waals surface area contributed by atoms with Crippen molar-refractivity contribution in [1.29, 1.82) is 0 Å². The van der Waals surface area contributed by atoms with E-state index in [9.17, 15) is 4.79 Å². The van der Waals surface area contributed by atoms with Gasteiger partial charge in [-0.15, -0.1) is 0 Å². The second kappa shape index (κ2) is 11.5. The maximum absolute atomic E-state index is 13.4. The Hall–Kier alpha value is -4.16. The van der Waals surface area contributed by atoms with Crippen LogP contribution in [-0.2, 0) is 10.3 Å². The van der Waals surface area contributed by atoms with E-state index in [1.54, 1.807) is 32.7 Å². The highest BCUT2D eigenvalue weighted by Crippen LogP contribution is 2.47. The van der Waals surface area contributed by atoms with Crippen molar-refractivity contribution in [3.8, 4) is 11.5 Å². The van der Waals surface area contributed by atoms with E-state index in [1.807, 2.05) is 65.6 Å². The fraction of sp³-hybridized carbons (Fsp3) is 0.250. The van der Waals surface area contributed by atoms with Crippen LogP contribution in [0.3, 0.4) is 0 Å². The number of methoxy groups -OCH3 is 2. The molecule has 0 aliphatic carbocycles. The van der Waals surface area contributed by atoms with Crippen LogP contribution in [0.5, 0.6) is 11.5 Å². The molecule has 2 heterocycles. The number of nitrogens with zero attached hydrogens (tertiary/aromatic N) is 2. The molecule has 1 aliphatic rings. The molecule has 1 amide bonds. The largest absolute Gasteiger partial charge is 0.493 e. The van der Waals surface area contributed by atoms with Crippen LogP contribution in [0.4, 0.5) is 0 Å². The lowest BCUT2D eigenvalue weighted by molar-refractivity contribution is -0.0146. The fourth-order valence-electron chi connectivity index (χ4n) is 5.38. The van der Waals surface area contributed by atoms with Crippen molar-refractivity contribution in [2.24, 2.45) is 0 Å². The summed E-state index contributed by atoms with van der Waals surface area (Å²) < 4.78 is 18.7. The summed E-state index contributed by atoms with van der Waals surface area (Å²) in [4.78, 5) is 19.4. The molecule has 38 heavy (non-hydrogen) atoms. The van der Waals surface area contributed by atoms with Crippen molar-refractivity contribution in [2.75, 3.05) is 27.4 Å². The summed E-state index contributed by atoms with van der Waals surface area (Å²) in [5, 5.41) is 0. The Kier molecular flexibility index (Phi) is 7.70. The van der Waals surface area contributed by atoms with Gasteiger partial charge in [0.25, 0.3) is 5.91 Å². The summed E-state index contributed by atoms with van der Waals surface area (Å²) in [6.45, 7) is 1.03. The van der Waals surface area contributed by atoms with Gasteiger partial charge < -0.3 is 19.1 Å². The first-order chi connectivity index (χ1) is 18.7. The molecule has 1 atom stereocenters. The minimum Gasteiger partial charge on any atom is -0.493 e. The Morgan fingerprint density at radius 2 is 1.61 bits per heavy atom. The highest BCUT2D eigenvalue weighted by Gasteiger charge is 2.42. The van der Waals surface area contributed by atoms with Crippen molar-refractivity contribution in [3.63, 3.8) is 0 Å². The number of aromatic nitrogens is 1. The number of ether oxygens (including phenoxy) is 3. The molecule has 0 radical (unpaired) electrons. The van der Waals surface area contributed by atoms with Gasteiger partial charge in [-0.3, -0.25) is 9.78 Å². The van der Waals surface area contributed by atoms with Gasteiger partial charge in [0.2, 0.25) is 0 Å². The minimum absolute atomic E-state index is 0.0202. The average Bonchev–Trinajstić information content (AvgIpc) is 3.47. The molecule has 0 spiro atoms. The van der Waals surface area contributed by atoms with Crippen LogP contribution in [0, 0.1) is 0 Å². The SMILES string of the molecule is COc1cccc(C(OCC2CCCN2C(=O)c2cccnc2)(c2ccccc2)c2ccccc2)c1OC. The van der Waals surface area contributed by atoms with E-state index >= 15 is 0 Å². The molecule has 1 unspecified atom stereocenters. The van der Waals surface area contributed by atoms with Gasteiger partial charge in [-0.25, -0.2) is 0 Å². The minimum atomic E-state index is -1.01. The molecule has 0 saturated carbocycles. The molecule has 1 saturated heterocycles. The molecule has 6 nitrogen and oxygen atoms in total. The molecule has 0 bridgehead atoms. The topological polar surface area (TPSA) is 60.9 Å². The van der Waals surface area contributed by atoms with E-state index in [4.69, 9.17) is 14.2 Å². The number of para-hydroxylation sites is 1. The van der Waals surface area contributed by atoms with Gasteiger partial charge in [0.15, 0.2) is 11.5 Å². The second-order valence-electron chi connectivity index (χ2n) is 9.30. The normalized spacial score (nSPS) is 15.3. The lowest BCUT2D eigenvalue weighted by Gasteiger charge is -2.38. The number of hydrogen-bond acceptors (Lipinski definition) is 5. The van der Waals surface area contributed by atoms with Gasteiger partial charge in [0.1, 0.15) is 5.60 Å². The Balaban J connectivity index is 1.61. The van der Waals surface area contributed by atoms with Crippen molar-refractivity contribution < 1.29 is 19.0 Å². The average molecular weight is 509 g/mol. The quantitative estimate of drug-likeness (QED) is 0.271. The summed E-state index contributed by atoms with van der Waals surface area (Å²) in [6.07, 6.45) is 5.09. The number of likely N-dealkylation sites (tertiary alicyclic amines) is 1. The van der Waals surface area contributed by atoms with Crippen LogP contribution < -0.4 is 9.47 Å². The number of pyridine rings is 1. The third-order valence-electron chi connectivity index (χ3n) is 7.18. The predicted octanol–water partition coefficient (Wildman–Crippen LogP) is 5.71. The monoisotopic (exact) mass is 508 g/mol. The van der Waals surface area contributed by atoms with Crippen molar-refractivity contribution >= 4 is 5.91 Å². The van der Waals surface area contributed by atoms with Gasteiger partial charge in [0, 0.05) is 24.5 Å². The van der Waals surface area contributed by atoms with Crippen molar-refractivity contribution in [3.05, 3.63) is 126 Å². The third-order valence-corrected chi connectivity index (χ3v) is 7.18. The van der Waals surface area contributed by atoms with Crippen LogP contribution >= 0.6 is 0 Å². The van der Waals surface area contributed by atoms with Gasteiger partial charge in [-0.1, -0.05) is 72.8 Å². The van der Waals surface area contributed by atoms with E-state index in [2.05, 4.69) is 29.2 Å². The number of hydrogen-bond donors (Lipinski definition) is 0. The van der Waals surface area contributed by atoms with E-state index < -0.39 is 5.60 Å². The van der Waals surface area contributed by atoms with Crippen LogP contribution in [-0.4, -0.2) is 49.2 Å². The predicted molar refractivity (Wildman–Crippen MR) is 147 cm³/mol. The summed E-state index contributed by atoms with van der Waals surface area (Å²) >= 11 is 0. The maximum atomic E-state index is 13.4. The number of benzene rings is 3. The Morgan fingerprint density at radius 1 is 0.895 bits per heavy atom. The number of carbonyl (C=O) groups is 1. The zero-order valence-electron chi connectivity index (χ0n) is 21.7. The number of amides is 1. The van der Waals surface area contributed by atoms with Crippen molar-refractivity contribution in [2.45, 2.75) is 24.5 Å². The number of rotatable bonds is 9. The van der Waals surface area contributed by atoms with Gasteiger partial charge in [-0.2, -0.15) is 0 Å². The molecule has 3 aromatic carbocycles. The van der Waals surface area contributed by atoms with Gasteiger partial charge in [-0.05, 0) is 42.2 Å². The summed E-state index contributed by atoms with van der Waals surface area (Å²) in [5.74, 6) is 1.21. The van der Waals surface area contributed by atoms with Crippen LogP contribution in [0.1, 0.15) is 39.9 Å². The standard InChI is InChI=1S/C32H32N2O4/c1-36-29-19-9-18-28(30(29)37-2)32(25-13-5-3-6-14-25,26-15-7-4-8-16-26)38-23-27-17-11-21-34(27)31(35)24-12-10-20-33-22-24/h3-10,12-16,18-20,22,27H,11,17,21,23H2,1-2H3. The first-order valence-electron chi connectivity index (χ1n) is 12.9. The highest BCUT2D eigenvalue weighted by molar-refractivity contribution is 5.94. The lowest BCUT2D eigenvalue weighted by atomic mass is 9.79. The van der Waals surface area contributed by atoms with Crippen LogP contribution in [0.2, 0.25) is 0 Å². The molecule has 194 valence electrons. The van der Waals surface area contributed by atoms with Crippen molar-refractivity contribution in [1.82, 2.24) is 9.88 Å². The molecule has 5 rings (SSSR count). The highest BCUT2D eigenvalue weighted by atomic mass is 16.5. The van der Waals surface area contributed by atoms with Crippen LogP contribution in [0.15, 0.2) is 103 Å². The van der Waals surface area contributed by atoms with E-state index in [1.165, 1.54) is 0 Å². The Labute approximate surface area is 223 Å². The molecular formula is C32H32N2O4. The zero-order valence-corrected chi connectivity index (χ0v) is 21.7. The van der Waals surface area contributed by atoms with E-state index in [-0.39, 0.29) is 11.9 Å². The molecule has 4 aromatic rings. The van der Waals surface area contributed by atoms with Gasteiger partial charge >= 0.3 is 0 Å². The third kappa shape index (κ3) is 4.75. The van der Waals surface area contributed by atoms with E-state index in [0.717, 1.165) is 29.5 Å². The zero-order chi connectivity index (χ0) is 26.4. The molecular weight excluding hydrogens is 476 g/mol. The molecule has 1 fully saturated rings. The first kappa shape index (κ1) is 25.5. The molecule has 1 aliphatic heterocycles. The molecule has 6 heteroatoms. The maximum Gasteiger partial charge on any atom is 0.255 e. The molecule has 1 aromatic heterocycles. The van der Waals surface area contributed by atoms with Crippen LogP contribution in [0.25, 0.3) is 0 Å². The Morgan fingerprint density at radius 3 is 2.21 bits per heavy atom. The Bertz CT molecular complexity index is 1310. The lowest BCUT2D eigenvalue weighted by Crippen LogP contribution is -2.42.